The van der Waals surface area contributed by atoms with Gasteiger partial charge in [0.2, 0.25) is 6.08 Å². The van der Waals surface area contributed by atoms with Crippen LogP contribution in [0, 0.1) is 0 Å². The number of halogens is 7. The summed E-state index contributed by atoms with van der Waals surface area (Å²) in [6.45, 7) is 1.64. The van der Waals surface area contributed by atoms with Crippen LogP contribution in [-0.4, -0.2) is 29.6 Å². The van der Waals surface area contributed by atoms with Crippen LogP contribution in [0.1, 0.15) is 20.3 Å². The standard InChI is InChI=1S/C8H8F7NO/c1-5(2,16-4-17)3-6(9,10)7(11,12)8(13,14)15/h3H2,1-2H3. The van der Waals surface area contributed by atoms with Crippen LogP contribution in [0.3, 0.4) is 0 Å². The van der Waals surface area contributed by atoms with Crippen molar-refractivity contribution in [2.45, 2.75) is 43.8 Å². The lowest BCUT2D eigenvalue weighted by atomic mass is 9.93. The summed E-state index contributed by atoms with van der Waals surface area (Å²) < 4.78 is 85.9. The van der Waals surface area contributed by atoms with Gasteiger partial charge in [0, 0.05) is 6.42 Å². The van der Waals surface area contributed by atoms with Crippen LogP contribution in [0.15, 0.2) is 4.99 Å². The van der Waals surface area contributed by atoms with E-state index in [-0.39, 0.29) is 0 Å². The minimum absolute atomic E-state index is 0.818. The van der Waals surface area contributed by atoms with Crippen LogP contribution < -0.4 is 0 Å². The van der Waals surface area contributed by atoms with Crippen LogP contribution in [0.25, 0.3) is 0 Å². The molecule has 0 radical (unpaired) electrons. The van der Waals surface area contributed by atoms with Crippen LogP contribution in [0.2, 0.25) is 0 Å². The number of isocyanates is 1. The van der Waals surface area contributed by atoms with Crippen molar-refractivity contribution in [1.29, 1.82) is 0 Å². The van der Waals surface area contributed by atoms with Gasteiger partial charge in [0.1, 0.15) is 0 Å². The third-order valence-corrected chi connectivity index (χ3v) is 1.82. The van der Waals surface area contributed by atoms with Crippen molar-refractivity contribution in [3.05, 3.63) is 0 Å². The van der Waals surface area contributed by atoms with Crippen LogP contribution in [0.5, 0.6) is 0 Å². The van der Waals surface area contributed by atoms with E-state index in [0.717, 1.165) is 19.9 Å². The van der Waals surface area contributed by atoms with Crippen molar-refractivity contribution >= 4 is 6.08 Å². The molecule has 0 amide bonds. The molecule has 0 aromatic heterocycles. The quantitative estimate of drug-likeness (QED) is 0.436. The molecule has 0 heterocycles. The Balaban J connectivity index is 5.23. The number of alkyl halides is 7. The van der Waals surface area contributed by atoms with E-state index in [9.17, 15) is 35.5 Å². The molecule has 100 valence electrons. The number of hydrogen-bond acceptors (Lipinski definition) is 2. The molecule has 17 heavy (non-hydrogen) atoms. The van der Waals surface area contributed by atoms with E-state index >= 15 is 0 Å². The average Bonchev–Trinajstić information content (AvgIpc) is 1.98. The molecular formula is C8H8F7NO. The Hall–Kier alpha value is -1.11. The smallest absolute Gasteiger partial charge is 0.211 e. The maximum atomic E-state index is 12.9. The Bertz CT molecular complexity index is 327. The highest BCUT2D eigenvalue weighted by Gasteiger charge is 2.73. The van der Waals surface area contributed by atoms with Gasteiger partial charge in [0.15, 0.2) is 0 Å². The van der Waals surface area contributed by atoms with Crippen molar-refractivity contribution < 1.29 is 35.5 Å². The van der Waals surface area contributed by atoms with Gasteiger partial charge in [-0.05, 0) is 13.8 Å². The summed E-state index contributed by atoms with van der Waals surface area (Å²) in [7, 11) is 0. The summed E-state index contributed by atoms with van der Waals surface area (Å²) in [6, 6.07) is 0. The van der Waals surface area contributed by atoms with Crippen LogP contribution in [0.4, 0.5) is 30.7 Å². The monoisotopic (exact) mass is 267 g/mol. The second-order valence-corrected chi connectivity index (χ2v) is 3.97. The molecule has 0 saturated carbocycles. The van der Waals surface area contributed by atoms with E-state index in [1.54, 1.807) is 0 Å². The van der Waals surface area contributed by atoms with Crippen LogP contribution >= 0.6 is 0 Å². The first kappa shape index (κ1) is 15.9. The lowest BCUT2D eigenvalue weighted by Crippen LogP contribution is -2.54. The second kappa shape index (κ2) is 4.29. The molecule has 0 aliphatic heterocycles. The molecule has 2 nitrogen and oxygen atoms in total. The lowest BCUT2D eigenvalue weighted by molar-refractivity contribution is -0.357. The average molecular weight is 267 g/mol. The second-order valence-electron chi connectivity index (χ2n) is 3.97. The number of nitrogens with zero attached hydrogens (tertiary/aromatic N) is 1. The molecule has 9 heteroatoms. The largest absolute Gasteiger partial charge is 0.459 e. The maximum Gasteiger partial charge on any atom is 0.459 e. The van der Waals surface area contributed by atoms with Gasteiger partial charge in [-0.15, -0.1) is 0 Å². The summed E-state index contributed by atoms with van der Waals surface area (Å²) in [5.41, 5.74) is -2.07. The molecule has 0 saturated heterocycles. The SMILES string of the molecule is CC(C)(CC(F)(F)C(F)(F)C(F)(F)F)N=C=O. The van der Waals surface area contributed by atoms with Crippen LogP contribution in [-0.2, 0) is 4.79 Å². The van der Waals surface area contributed by atoms with Gasteiger partial charge in [0.05, 0.1) is 5.54 Å². The molecule has 0 aromatic rings. The van der Waals surface area contributed by atoms with E-state index in [1.807, 2.05) is 0 Å². The van der Waals surface area contributed by atoms with Gasteiger partial charge in [-0.25, -0.2) is 4.79 Å². The Kier molecular flexibility index (Phi) is 4.01. The minimum Gasteiger partial charge on any atom is -0.211 e. The molecule has 0 fully saturated rings. The zero-order chi connectivity index (χ0) is 14.1. The van der Waals surface area contributed by atoms with E-state index in [2.05, 4.69) is 4.99 Å². The van der Waals surface area contributed by atoms with E-state index < -0.39 is 30.0 Å². The predicted molar refractivity (Wildman–Crippen MR) is 42.8 cm³/mol. The first-order valence-electron chi connectivity index (χ1n) is 4.18. The summed E-state index contributed by atoms with van der Waals surface area (Å²) >= 11 is 0. The summed E-state index contributed by atoms with van der Waals surface area (Å²) in [4.78, 5) is 12.6. The highest BCUT2D eigenvalue weighted by molar-refractivity contribution is 5.34. The van der Waals surface area contributed by atoms with E-state index in [4.69, 9.17) is 0 Å². The molecule has 0 aromatic carbocycles. The lowest BCUT2D eigenvalue weighted by Gasteiger charge is -2.31. The van der Waals surface area contributed by atoms with Crippen molar-refractivity contribution in [2.75, 3.05) is 0 Å². The van der Waals surface area contributed by atoms with Gasteiger partial charge in [-0.1, -0.05) is 0 Å². The number of hydrogen-bond donors (Lipinski definition) is 0. The zero-order valence-corrected chi connectivity index (χ0v) is 8.71. The van der Waals surface area contributed by atoms with Gasteiger partial charge in [-0.3, -0.25) is 0 Å². The molecular weight excluding hydrogens is 259 g/mol. The number of aliphatic imine (C=N–C) groups is 1. The van der Waals surface area contributed by atoms with Crippen molar-refractivity contribution in [3.63, 3.8) is 0 Å². The van der Waals surface area contributed by atoms with E-state index in [0.29, 0.717) is 0 Å². The molecule has 0 aliphatic rings. The Morgan fingerprint density at radius 2 is 1.41 bits per heavy atom. The molecule has 0 unspecified atom stereocenters. The predicted octanol–water partition coefficient (Wildman–Crippen LogP) is 3.32. The molecule has 0 rings (SSSR count). The summed E-state index contributed by atoms with van der Waals surface area (Å²) in [5, 5.41) is 0. The Morgan fingerprint density at radius 3 is 1.71 bits per heavy atom. The molecule has 0 atom stereocenters. The van der Waals surface area contributed by atoms with Gasteiger partial charge in [-0.2, -0.15) is 35.7 Å². The fourth-order valence-corrected chi connectivity index (χ4v) is 1.02. The number of carbonyl (C=O) groups excluding carboxylic acids is 1. The Labute approximate surface area is 91.5 Å². The van der Waals surface area contributed by atoms with Crippen molar-refractivity contribution in [1.82, 2.24) is 0 Å². The normalized spacial score (nSPS) is 14.4. The Morgan fingerprint density at radius 1 is 1.00 bits per heavy atom. The third-order valence-electron chi connectivity index (χ3n) is 1.82. The zero-order valence-electron chi connectivity index (χ0n) is 8.71. The molecule has 0 N–H and O–H groups in total. The van der Waals surface area contributed by atoms with Gasteiger partial charge in [0.25, 0.3) is 0 Å². The van der Waals surface area contributed by atoms with Gasteiger partial charge >= 0.3 is 18.0 Å². The topological polar surface area (TPSA) is 29.4 Å². The highest BCUT2D eigenvalue weighted by Crippen LogP contribution is 2.49. The summed E-state index contributed by atoms with van der Waals surface area (Å²) in [6.07, 6.45) is -7.47. The summed E-state index contributed by atoms with van der Waals surface area (Å²) in [5.74, 6) is -11.6. The molecule has 0 aliphatic carbocycles. The third kappa shape index (κ3) is 3.42. The van der Waals surface area contributed by atoms with Crippen molar-refractivity contribution in [3.8, 4) is 0 Å². The van der Waals surface area contributed by atoms with Crippen molar-refractivity contribution in [2.24, 2.45) is 4.99 Å². The fraction of sp³-hybridized carbons (Fsp3) is 0.875. The van der Waals surface area contributed by atoms with E-state index in [1.165, 1.54) is 0 Å². The molecule has 0 spiro atoms. The fourth-order valence-electron chi connectivity index (χ4n) is 1.02. The first-order valence-corrected chi connectivity index (χ1v) is 4.18. The number of rotatable bonds is 4. The minimum atomic E-state index is -6.38. The molecule has 0 bridgehead atoms. The first-order chi connectivity index (χ1) is 7.27. The highest BCUT2D eigenvalue weighted by atomic mass is 19.4. The maximum absolute atomic E-state index is 12.9. The van der Waals surface area contributed by atoms with Gasteiger partial charge < -0.3 is 0 Å².